The predicted molar refractivity (Wildman–Crippen MR) is 59.5 cm³/mol. The zero-order valence-electron chi connectivity index (χ0n) is 9.30. The molecule has 17 heavy (non-hydrogen) atoms. The van der Waals surface area contributed by atoms with E-state index < -0.39 is 11.9 Å². The molecule has 90 valence electrons. The molecule has 1 aliphatic rings. The van der Waals surface area contributed by atoms with Crippen molar-refractivity contribution in [2.45, 2.75) is 0 Å². The Kier molecular flexibility index (Phi) is 3.72. The monoisotopic (exact) mass is 235 g/mol. The van der Waals surface area contributed by atoms with Crippen molar-refractivity contribution >= 4 is 11.9 Å². The molecule has 1 fully saturated rings. The lowest BCUT2D eigenvalue weighted by Crippen LogP contribution is -2.44. The summed E-state index contributed by atoms with van der Waals surface area (Å²) >= 11 is 0. The zero-order valence-corrected chi connectivity index (χ0v) is 9.30. The molecular formula is C12H13NO4. The maximum absolute atomic E-state index is 11.0. The van der Waals surface area contributed by atoms with E-state index in [9.17, 15) is 9.59 Å². The average molecular weight is 235 g/mol. The van der Waals surface area contributed by atoms with E-state index in [0.29, 0.717) is 13.2 Å². The fourth-order valence-electron chi connectivity index (χ4n) is 1.58. The molecule has 0 unspecified atom stereocenters. The van der Waals surface area contributed by atoms with Crippen LogP contribution in [0.25, 0.3) is 0 Å². The van der Waals surface area contributed by atoms with E-state index in [1.54, 1.807) is 4.90 Å². The Labute approximate surface area is 98.9 Å². The number of ether oxygens (including phenoxy) is 2. The minimum Gasteiger partial charge on any atom is -0.492 e. The SMILES string of the molecule is O=C1CN(CCOc2ccccc2)CC(=O)O1. The van der Waals surface area contributed by atoms with Crippen molar-refractivity contribution in [2.24, 2.45) is 0 Å². The van der Waals surface area contributed by atoms with E-state index in [4.69, 9.17) is 4.74 Å². The fraction of sp³-hybridized carbons (Fsp3) is 0.333. The third-order valence-corrected chi connectivity index (χ3v) is 2.35. The van der Waals surface area contributed by atoms with E-state index in [2.05, 4.69) is 4.74 Å². The lowest BCUT2D eigenvalue weighted by molar-refractivity contribution is -0.166. The second-order valence-electron chi connectivity index (χ2n) is 3.72. The van der Waals surface area contributed by atoms with Crippen molar-refractivity contribution in [3.05, 3.63) is 30.3 Å². The molecular weight excluding hydrogens is 222 g/mol. The highest BCUT2D eigenvalue weighted by Crippen LogP contribution is 2.08. The minimum atomic E-state index is -0.499. The zero-order chi connectivity index (χ0) is 12.1. The molecule has 0 saturated carbocycles. The van der Waals surface area contributed by atoms with Gasteiger partial charge in [-0.05, 0) is 12.1 Å². The van der Waals surface area contributed by atoms with Crippen LogP contribution in [0.4, 0.5) is 0 Å². The summed E-state index contributed by atoms with van der Waals surface area (Å²) in [6.45, 7) is 1.24. The van der Waals surface area contributed by atoms with Gasteiger partial charge in [-0.1, -0.05) is 18.2 Å². The van der Waals surface area contributed by atoms with E-state index in [0.717, 1.165) is 5.75 Å². The average Bonchev–Trinajstić information content (AvgIpc) is 2.29. The van der Waals surface area contributed by atoms with Crippen molar-refractivity contribution in [2.75, 3.05) is 26.2 Å². The van der Waals surface area contributed by atoms with Gasteiger partial charge in [-0.15, -0.1) is 0 Å². The molecule has 0 atom stereocenters. The lowest BCUT2D eigenvalue weighted by Gasteiger charge is -2.23. The summed E-state index contributed by atoms with van der Waals surface area (Å²) < 4.78 is 9.89. The number of esters is 2. The number of morpholine rings is 1. The van der Waals surface area contributed by atoms with Gasteiger partial charge in [0.2, 0.25) is 0 Å². The van der Waals surface area contributed by atoms with Gasteiger partial charge in [0.15, 0.2) is 0 Å². The molecule has 1 aliphatic heterocycles. The standard InChI is InChI=1S/C12H13NO4/c14-11-8-13(9-12(15)17-11)6-7-16-10-4-2-1-3-5-10/h1-5H,6-9H2. The highest BCUT2D eigenvalue weighted by molar-refractivity contribution is 5.90. The first kappa shape index (κ1) is 11.6. The molecule has 5 heteroatoms. The van der Waals surface area contributed by atoms with Crippen molar-refractivity contribution < 1.29 is 19.1 Å². The topological polar surface area (TPSA) is 55.8 Å². The van der Waals surface area contributed by atoms with Gasteiger partial charge in [0, 0.05) is 6.54 Å². The van der Waals surface area contributed by atoms with Gasteiger partial charge in [0.1, 0.15) is 12.4 Å². The smallest absolute Gasteiger partial charge is 0.327 e. The lowest BCUT2D eigenvalue weighted by atomic mass is 10.3. The van der Waals surface area contributed by atoms with Gasteiger partial charge in [-0.25, -0.2) is 0 Å². The number of benzene rings is 1. The second-order valence-corrected chi connectivity index (χ2v) is 3.72. The van der Waals surface area contributed by atoms with Crippen LogP contribution in [0.15, 0.2) is 30.3 Å². The number of para-hydroxylation sites is 1. The van der Waals surface area contributed by atoms with Gasteiger partial charge in [0.05, 0.1) is 13.1 Å². The summed E-state index contributed by atoms with van der Waals surface area (Å²) in [7, 11) is 0. The van der Waals surface area contributed by atoms with Gasteiger partial charge in [0.25, 0.3) is 0 Å². The van der Waals surface area contributed by atoms with Gasteiger partial charge >= 0.3 is 11.9 Å². The number of cyclic esters (lactones) is 2. The normalized spacial score (nSPS) is 16.7. The van der Waals surface area contributed by atoms with Crippen LogP contribution >= 0.6 is 0 Å². The summed E-state index contributed by atoms with van der Waals surface area (Å²) in [5, 5.41) is 0. The molecule has 1 aromatic carbocycles. The Morgan fingerprint density at radius 2 is 1.76 bits per heavy atom. The third kappa shape index (κ3) is 3.57. The number of hydrogen-bond acceptors (Lipinski definition) is 5. The van der Waals surface area contributed by atoms with Crippen LogP contribution in [0.5, 0.6) is 5.75 Å². The first-order valence-corrected chi connectivity index (χ1v) is 5.38. The summed E-state index contributed by atoms with van der Waals surface area (Å²) in [6.07, 6.45) is 0. The van der Waals surface area contributed by atoms with Crippen molar-refractivity contribution in [3.8, 4) is 5.75 Å². The molecule has 0 spiro atoms. The van der Waals surface area contributed by atoms with Crippen molar-refractivity contribution in [1.29, 1.82) is 0 Å². The van der Waals surface area contributed by atoms with Crippen LogP contribution in [0.2, 0.25) is 0 Å². The van der Waals surface area contributed by atoms with E-state index in [1.807, 2.05) is 30.3 Å². The molecule has 1 heterocycles. The molecule has 0 aromatic heterocycles. The minimum absolute atomic E-state index is 0.143. The van der Waals surface area contributed by atoms with Gasteiger partial charge < -0.3 is 9.47 Å². The van der Waals surface area contributed by atoms with E-state index in [1.165, 1.54) is 0 Å². The first-order valence-electron chi connectivity index (χ1n) is 5.38. The molecule has 2 rings (SSSR count). The summed E-state index contributed by atoms with van der Waals surface area (Å²) in [5.74, 6) is -0.222. The molecule has 1 saturated heterocycles. The van der Waals surface area contributed by atoms with Crippen LogP contribution in [-0.2, 0) is 14.3 Å². The number of nitrogens with zero attached hydrogens (tertiary/aromatic N) is 1. The Morgan fingerprint density at radius 1 is 1.12 bits per heavy atom. The van der Waals surface area contributed by atoms with E-state index in [-0.39, 0.29) is 13.1 Å². The van der Waals surface area contributed by atoms with Crippen LogP contribution in [0, 0.1) is 0 Å². The number of rotatable bonds is 4. The largest absolute Gasteiger partial charge is 0.492 e. The second kappa shape index (κ2) is 5.45. The number of carbonyl (C=O) groups excluding carboxylic acids is 2. The summed E-state index contributed by atoms with van der Waals surface area (Å²) in [4.78, 5) is 23.7. The molecule has 0 aliphatic carbocycles. The number of carbonyl (C=O) groups is 2. The molecule has 5 nitrogen and oxygen atoms in total. The van der Waals surface area contributed by atoms with Crippen LogP contribution in [-0.4, -0.2) is 43.1 Å². The maximum atomic E-state index is 11.0. The van der Waals surface area contributed by atoms with Crippen LogP contribution in [0.3, 0.4) is 0 Å². The van der Waals surface area contributed by atoms with Crippen molar-refractivity contribution in [3.63, 3.8) is 0 Å². The van der Waals surface area contributed by atoms with Gasteiger partial charge in [-0.2, -0.15) is 0 Å². The van der Waals surface area contributed by atoms with E-state index >= 15 is 0 Å². The Morgan fingerprint density at radius 3 is 2.41 bits per heavy atom. The molecule has 0 bridgehead atoms. The molecule has 0 amide bonds. The number of hydrogen-bond donors (Lipinski definition) is 0. The fourth-order valence-corrected chi connectivity index (χ4v) is 1.58. The predicted octanol–water partition coefficient (Wildman–Crippen LogP) is 0.451. The quantitative estimate of drug-likeness (QED) is 0.560. The van der Waals surface area contributed by atoms with Gasteiger partial charge in [-0.3, -0.25) is 14.5 Å². The van der Waals surface area contributed by atoms with Crippen LogP contribution < -0.4 is 4.74 Å². The highest BCUT2D eigenvalue weighted by Gasteiger charge is 2.24. The molecule has 0 N–H and O–H groups in total. The third-order valence-electron chi connectivity index (χ3n) is 2.35. The Bertz CT molecular complexity index is 388. The summed E-state index contributed by atoms with van der Waals surface area (Å²) in [6, 6.07) is 9.39. The highest BCUT2D eigenvalue weighted by atomic mass is 16.6. The maximum Gasteiger partial charge on any atom is 0.327 e. The molecule has 1 aromatic rings. The van der Waals surface area contributed by atoms with Crippen molar-refractivity contribution in [1.82, 2.24) is 4.90 Å². The Balaban J connectivity index is 1.75. The Hall–Kier alpha value is -1.88. The first-order chi connectivity index (χ1) is 8.24. The van der Waals surface area contributed by atoms with Crippen LogP contribution in [0.1, 0.15) is 0 Å². The summed E-state index contributed by atoms with van der Waals surface area (Å²) in [5.41, 5.74) is 0. The molecule has 0 radical (unpaired) electrons.